The van der Waals surface area contributed by atoms with Crippen molar-refractivity contribution < 1.29 is 39.6 Å². The summed E-state index contributed by atoms with van der Waals surface area (Å²) < 4.78 is 3.90. The number of nitrogens with two attached hydrogens (primary N) is 1. The molecule has 198 valence electrons. The van der Waals surface area contributed by atoms with Crippen molar-refractivity contribution in [3.8, 4) is 5.75 Å². The van der Waals surface area contributed by atoms with Crippen LogP contribution in [0.5, 0.6) is 5.75 Å². The molecule has 0 fully saturated rings. The standard InChI is InChI=1S/C25H24N4O8S/c1-29(2)18-11-8-9-7-10-12(28-24(36)14-5-6-27-38-14)3-4-13(30)16(10)19(31)15(9)21(33)25(11,37)22(34)17(20(18)32)23(26)35/h3-6,9,11,18,30,32-33,37H,7-8H2,1-2H3,(H2,26,35)(H,28,36). The maximum atomic E-state index is 13.7. The molecule has 3 aliphatic carbocycles. The zero-order valence-electron chi connectivity index (χ0n) is 20.3. The predicted octanol–water partition coefficient (Wildman–Crippen LogP) is 0.829. The number of ketones is 2. The van der Waals surface area contributed by atoms with E-state index >= 15 is 0 Å². The molecule has 2 amide bonds. The lowest BCUT2D eigenvalue weighted by Gasteiger charge is -2.50. The van der Waals surface area contributed by atoms with Crippen LogP contribution in [0.3, 0.4) is 0 Å². The van der Waals surface area contributed by atoms with Crippen LogP contribution >= 0.6 is 11.5 Å². The topological polar surface area (TPSA) is 203 Å². The highest BCUT2D eigenvalue weighted by Gasteiger charge is 2.63. The molecule has 12 nitrogen and oxygen atoms in total. The minimum atomic E-state index is -2.71. The summed E-state index contributed by atoms with van der Waals surface area (Å²) in [4.78, 5) is 53.5. The number of aromatic hydroxyl groups is 1. The molecule has 0 bridgehead atoms. The highest BCUT2D eigenvalue weighted by molar-refractivity contribution is 7.08. The summed E-state index contributed by atoms with van der Waals surface area (Å²) in [5, 5.41) is 47.0. The van der Waals surface area contributed by atoms with Crippen LogP contribution in [0.25, 0.3) is 0 Å². The molecule has 13 heteroatoms. The summed E-state index contributed by atoms with van der Waals surface area (Å²) in [6.07, 6.45) is 1.48. The van der Waals surface area contributed by atoms with Gasteiger partial charge in [0.2, 0.25) is 5.78 Å². The largest absolute Gasteiger partial charge is 0.510 e. The van der Waals surface area contributed by atoms with E-state index < -0.39 is 69.7 Å². The van der Waals surface area contributed by atoms with Crippen LogP contribution in [0.1, 0.15) is 32.0 Å². The third-order valence-electron chi connectivity index (χ3n) is 7.52. The summed E-state index contributed by atoms with van der Waals surface area (Å²) in [6.45, 7) is 0. The number of nitrogens with one attached hydrogen (secondary N) is 1. The first-order chi connectivity index (χ1) is 17.9. The Bertz CT molecular complexity index is 1480. The molecule has 7 N–H and O–H groups in total. The number of allylic oxidation sites excluding steroid dienone is 1. The normalized spacial score (nSPS) is 26.7. The van der Waals surface area contributed by atoms with E-state index in [2.05, 4.69) is 9.69 Å². The summed E-state index contributed by atoms with van der Waals surface area (Å²) in [5.41, 5.74) is 1.88. The summed E-state index contributed by atoms with van der Waals surface area (Å²) in [6, 6.07) is 3.11. The first-order valence-electron chi connectivity index (χ1n) is 11.6. The number of fused-ring (bicyclic) bond motifs is 3. The fourth-order valence-corrected chi connectivity index (χ4v) is 6.38. The Hall–Kier alpha value is -4.07. The van der Waals surface area contributed by atoms with Gasteiger partial charge < -0.3 is 31.5 Å². The minimum Gasteiger partial charge on any atom is -0.510 e. The molecule has 4 unspecified atom stereocenters. The van der Waals surface area contributed by atoms with Crippen LogP contribution in [0.4, 0.5) is 5.69 Å². The Balaban J connectivity index is 1.65. The molecule has 5 rings (SSSR count). The van der Waals surface area contributed by atoms with E-state index in [0.29, 0.717) is 10.4 Å². The Morgan fingerprint density at radius 3 is 2.50 bits per heavy atom. The van der Waals surface area contributed by atoms with Gasteiger partial charge in [-0.3, -0.25) is 24.1 Å². The van der Waals surface area contributed by atoms with Gasteiger partial charge in [-0.1, -0.05) is 0 Å². The Morgan fingerprint density at radius 2 is 1.89 bits per heavy atom. The van der Waals surface area contributed by atoms with Gasteiger partial charge in [-0.25, -0.2) is 4.37 Å². The molecule has 3 aliphatic rings. The van der Waals surface area contributed by atoms with Gasteiger partial charge in [-0.2, -0.15) is 0 Å². The first-order valence-corrected chi connectivity index (χ1v) is 12.4. The smallest absolute Gasteiger partial charge is 0.267 e. The van der Waals surface area contributed by atoms with E-state index in [1.54, 1.807) is 14.1 Å². The molecular formula is C25H24N4O8S. The van der Waals surface area contributed by atoms with E-state index in [9.17, 15) is 39.6 Å². The number of carbonyl (C=O) groups is 4. The number of rotatable bonds is 4. The van der Waals surface area contributed by atoms with Crippen LogP contribution in [0, 0.1) is 11.8 Å². The molecule has 0 saturated carbocycles. The number of amides is 2. The van der Waals surface area contributed by atoms with Crippen LogP contribution in [-0.2, 0) is 16.0 Å². The summed E-state index contributed by atoms with van der Waals surface area (Å²) >= 11 is 0.983. The fraction of sp³-hybridized carbons (Fsp3) is 0.320. The molecular weight excluding hydrogens is 516 g/mol. The van der Waals surface area contributed by atoms with Gasteiger partial charge in [-0.05, 0) is 68.1 Å². The maximum Gasteiger partial charge on any atom is 0.267 e. The average Bonchev–Trinajstić information content (AvgIpc) is 3.38. The highest BCUT2D eigenvalue weighted by Crippen LogP contribution is 2.52. The number of nitrogens with zero attached hydrogens (tertiary/aromatic N) is 2. The average molecular weight is 541 g/mol. The van der Waals surface area contributed by atoms with Crippen LogP contribution in [0.2, 0.25) is 0 Å². The van der Waals surface area contributed by atoms with Crippen molar-refractivity contribution in [1.82, 2.24) is 9.27 Å². The highest BCUT2D eigenvalue weighted by atomic mass is 32.1. The quantitative estimate of drug-likeness (QED) is 0.238. The maximum absolute atomic E-state index is 13.7. The van der Waals surface area contributed by atoms with E-state index in [4.69, 9.17) is 5.73 Å². The molecule has 0 spiro atoms. The number of likely N-dealkylation sites (N-methyl/N-ethyl adjacent to an activating group) is 1. The monoisotopic (exact) mass is 540 g/mol. The summed E-state index contributed by atoms with van der Waals surface area (Å²) in [7, 11) is 3.11. The lowest BCUT2D eigenvalue weighted by atomic mass is 9.58. The van der Waals surface area contributed by atoms with Crippen molar-refractivity contribution in [3.05, 3.63) is 63.1 Å². The lowest BCUT2D eigenvalue weighted by molar-refractivity contribution is -0.148. The first kappa shape index (κ1) is 25.6. The number of benzene rings is 1. The predicted molar refractivity (Wildman–Crippen MR) is 134 cm³/mol. The fourth-order valence-electron chi connectivity index (χ4n) is 5.88. The van der Waals surface area contributed by atoms with E-state index in [-0.39, 0.29) is 29.7 Å². The molecule has 1 aromatic heterocycles. The number of carbonyl (C=O) groups excluding carboxylic acids is 4. The second-order valence-corrected chi connectivity index (χ2v) is 10.6. The summed E-state index contributed by atoms with van der Waals surface area (Å²) in [5.74, 6) is -7.77. The number of anilines is 1. The van der Waals surface area contributed by atoms with Crippen LogP contribution in [0.15, 0.2) is 47.1 Å². The number of aliphatic hydroxyl groups is 3. The van der Waals surface area contributed by atoms with Crippen LogP contribution < -0.4 is 11.1 Å². The molecule has 1 heterocycles. The number of hydrogen-bond acceptors (Lipinski definition) is 11. The molecule has 4 atom stereocenters. The van der Waals surface area contributed by atoms with Gasteiger partial charge in [0.25, 0.3) is 11.8 Å². The molecule has 1 aromatic carbocycles. The van der Waals surface area contributed by atoms with Crippen molar-refractivity contribution in [1.29, 1.82) is 0 Å². The number of aromatic nitrogens is 1. The zero-order chi connectivity index (χ0) is 27.7. The number of hydrogen-bond donors (Lipinski definition) is 6. The number of aliphatic hydroxyl groups excluding tert-OH is 2. The van der Waals surface area contributed by atoms with Gasteiger partial charge in [0.05, 0.1) is 11.6 Å². The number of phenolic OH excluding ortho intramolecular Hbond substituents is 1. The van der Waals surface area contributed by atoms with Gasteiger partial charge in [0, 0.05) is 23.4 Å². The van der Waals surface area contributed by atoms with Gasteiger partial charge in [-0.15, -0.1) is 0 Å². The molecule has 0 radical (unpaired) electrons. The van der Waals surface area contributed by atoms with E-state index in [1.165, 1.54) is 29.3 Å². The van der Waals surface area contributed by atoms with E-state index in [1.807, 2.05) is 0 Å². The second kappa shape index (κ2) is 8.75. The van der Waals surface area contributed by atoms with Crippen molar-refractivity contribution >= 4 is 40.6 Å². The van der Waals surface area contributed by atoms with Gasteiger partial charge >= 0.3 is 0 Å². The number of primary amides is 1. The zero-order valence-corrected chi connectivity index (χ0v) is 21.1. The van der Waals surface area contributed by atoms with Crippen molar-refractivity contribution in [2.75, 3.05) is 19.4 Å². The van der Waals surface area contributed by atoms with E-state index in [0.717, 1.165) is 11.5 Å². The Labute approximate surface area is 219 Å². The van der Waals surface area contributed by atoms with Crippen molar-refractivity contribution in [2.45, 2.75) is 24.5 Å². The third kappa shape index (κ3) is 3.46. The van der Waals surface area contributed by atoms with Crippen LogP contribution in [-0.4, -0.2) is 78.8 Å². The Kier molecular flexibility index (Phi) is 5.89. The molecule has 0 saturated heterocycles. The molecule has 0 aliphatic heterocycles. The minimum absolute atomic E-state index is 0.0519. The second-order valence-electron chi connectivity index (χ2n) is 9.78. The van der Waals surface area contributed by atoms with Gasteiger partial charge in [0.15, 0.2) is 11.4 Å². The van der Waals surface area contributed by atoms with Crippen molar-refractivity contribution in [2.24, 2.45) is 17.6 Å². The third-order valence-corrected chi connectivity index (χ3v) is 8.26. The molecule has 2 aromatic rings. The van der Waals surface area contributed by atoms with Crippen molar-refractivity contribution in [3.63, 3.8) is 0 Å². The lowest BCUT2D eigenvalue weighted by Crippen LogP contribution is -2.63. The van der Waals surface area contributed by atoms with Gasteiger partial charge in [0.1, 0.15) is 27.7 Å². The number of Topliss-reactive ketones (excluding diaryl/α,β-unsaturated/α-hetero) is 2. The Morgan fingerprint density at radius 1 is 1.18 bits per heavy atom. The number of phenols is 1. The SMILES string of the molecule is CN(C)C1C(O)=C(C(N)=O)C(=O)C2(O)C(O)=C3C(=O)c4c(O)ccc(NC(=O)c5ccns5)c4CC3CC12. The molecule has 38 heavy (non-hydrogen) atoms.